The lowest BCUT2D eigenvalue weighted by Gasteiger charge is -2.07. The molecule has 0 aliphatic heterocycles. The predicted molar refractivity (Wildman–Crippen MR) is 74.4 cm³/mol. The van der Waals surface area contributed by atoms with Crippen molar-refractivity contribution in [2.75, 3.05) is 5.32 Å². The van der Waals surface area contributed by atoms with Gasteiger partial charge >= 0.3 is 0 Å². The lowest BCUT2D eigenvalue weighted by atomic mass is 10.2. The second-order valence-corrected chi connectivity index (χ2v) is 4.87. The average molecular weight is 327 g/mol. The minimum absolute atomic E-state index is 0.819. The van der Waals surface area contributed by atoms with Crippen LogP contribution in [0, 0.1) is 10.5 Å². The Morgan fingerprint density at radius 1 is 1.38 bits per heavy atom. The molecule has 0 saturated heterocycles. The van der Waals surface area contributed by atoms with Crippen LogP contribution in [-0.4, -0.2) is 9.78 Å². The molecule has 1 aromatic heterocycles. The zero-order valence-corrected chi connectivity index (χ0v) is 11.5. The number of nitrogens with zero attached hydrogens (tertiary/aromatic N) is 2. The maximum atomic E-state index is 4.23. The first kappa shape index (κ1) is 11.4. The number of hydrogen-bond acceptors (Lipinski definition) is 2. The smallest absolute Gasteiger partial charge is 0.0542 e. The van der Waals surface area contributed by atoms with E-state index in [1.807, 2.05) is 30.1 Å². The summed E-state index contributed by atoms with van der Waals surface area (Å²) in [5, 5.41) is 7.65. The van der Waals surface area contributed by atoms with Crippen molar-refractivity contribution in [2.24, 2.45) is 7.05 Å². The van der Waals surface area contributed by atoms with Crippen molar-refractivity contribution in [3.05, 3.63) is 45.3 Å². The summed E-state index contributed by atoms with van der Waals surface area (Å²) in [7, 11) is 1.96. The van der Waals surface area contributed by atoms with Crippen LogP contribution < -0.4 is 5.32 Å². The molecule has 0 unspecified atom stereocenters. The molecule has 16 heavy (non-hydrogen) atoms. The van der Waals surface area contributed by atoms with Gasteiger partial charge in [0.15, 0.2) is 0 Å². The van der Waals surface area contributed by atoms with Crippen molar-refractivity contribution in [2.45, 2.75) is 13.5 Å². The number of aromatic nitrogens is 2. The van der Waals surface area contributed by atoms with E-state index < -0.39 is 0 Å². The highest BCUT2D eigenvalue weighted by Crippen LogP contribution is 2.18. The lowest BCUT2D eigenvalue weighted by Crippen LogP contribution is -2.02. The number of nitrogens with one attached hydrogen (secondary N) is 1. The maximum absolute atomic E-state index is 4.23. The molecule has 1 aromatic carbocycles. The molecule has 0 atom stereocenters. The van der Waals surface area contributed by atoms with Gasteiger partial charge in [-0.15, -0.1) is 0 Å². The Bertz CT molecular complexity index is 491. The minimum atomic E-state index is 0.819. The Morgan fingerprint density at radius 3 is 2.75 bits per heavy atom. The fraction of sp³-hybridized carbons (Fsp3) is 0.250. The van der Waals surface area contributed by atoms with Crippen LogP contribution in [0.3, 0.4) is 0 Å². The van der Waals surface area contributed by atoms with E-state index in [1.165, 1.54) is 20.5 Å². The van der Waals surface area contributed by atoms with Crippen molar-refractivity contribution in [1.29, 1.82) is 0 Å². The molecular weight excluding hydrogens is 313 g/mol. The molecule has 0 saturated carbocycles. The minimum Gasteiger partial charge on any atom is -0.380 e. The molecule has 0 fully saturated rings. The van der Waals surface area contributed by atoms with E-state index in [0.717, 1.165) is 6.54 Å². The number of anilines is 1. The molecule has 0 aliphatic carbocycles. The van der Waals surface area contributed by atoms with E-state index >= 15 is 0 Å². The molecule has 0 radical (unpaired) electrons. The third-order valence-corrected chi connectivity index (χ3v) is 3.62. The molecule has 2 rings (SSSR count). The molecule has 0 bridgehead atoms. The monoisotopic (exact) mass is 327 g/mol. The number of hydrogen-bond donors (Lipinski definition) is 1. The standard InChI is InChI=1S/C12H14IN3/c1-9-10(8-15-16(9)2)7-14-12-6-4-3-5-11(12)13/h3-6,8,14H,7H2,1-2H3. The summed E-state index contributed by atoms with van der Waals surface area (Å²) in [6, 6.07) is 8.27. The summed E-state index contributed by atoms with van der Waals surface area (Å²) in [5.74, 6) is 0. The Balaban J connectivity index is 2.08. The summed E-state index contributed by atoms with van der Waals surface area (Å²) in [5.41, 5.74) is 3.62. The second-order valence-electron chi connectivity index (χ2n) is 3.71. The molecule has 84 valence electrons. The van der Waals surface area contributed by atoms with Gasteiger partial charge in [0.05, 0.1) is 6.20 Å². The first-order chi connectivity index (χ1) is 7.68. The highest BCUT2D eigenvalue weighted by Gasteiger charge is 2.04. The van der Waals surface area contributed by atoms with E-state index in [0.29, 0.717) is 0 Å². The molecule has 3 nitrogen and oxygen atoms in total. The van der Waals surface area contributed by atoms with Gasteiger partial charge in [-0.2, -0.15) is 5.10 Å². The van der Waals surface area contributed by atoms with Gasteiger partial charge in [0.25, 0.3) is 0 Å². The van der Waals surface area contributed by atoms with Gasteiger partial charge in [0, 0.05) is 34.1 Å². The second kappa shape index (κ2) is 4.86. The first-order valence-corrected chi connectivity index (χ1v) is 6.22. The summed E-state index contributed by atoms with van der Waals surface area (Å²) < 4.78 is 3.13. The number of halogens is 1. The van der Waals surface area contributed by atoms with Gasteiger partial charge in [-0.3, -0.25) is 4.68 Å². The van der Waals surface area contributed by atoms with Crippen LogP contribution in [0.5, 0.6) is 0 Å². The average Bonchev–Trinajstić information content (AvgIpc) is 2.59. The van der Waals surface area contributed by atoms with Crippen LogP contribution in [0.2, 0.25) is 0 Å². The van der Waals surface area contributed by atoms with Gasteiger partial charge in [0.2, 0.25) is 0 Å². The van der Waals surface area contributed by atoms with Crippen molar-refractivity contribution in [3.8, 4) is 0 Å². The Morgan fingerprint density at radius 2 is 2.12 bits per heavy atom. The fourth-order valence-corrected chi connectivity index (χ4v) is 2.09. The van der Waals surface area contributed by atoms with E-state index in [4.69, 9.17) is 0 Å². The van der Waals surface area contributed by atoms with E-state index in [9.17, 15) is 0 Å². The summed E-state index contributed by atoms with van der Waals surface area (Å²) in [6.45, 7) is 2.90. The van der Waals surface area contributed by atoms with E-state index in [-0.39, 0.29) is 0 Å². The molecule has 1 N–H and O–H groups in total. The third-order valence-electron chi connectivity index (χ3n) is 2.68. The third kappa shape index (κ3) is 2.37. The Hall–Kier alpha value is -1.04. The molecule has 4 heteroatoms. The van der Waals surface area contributed by atoms with Crippen molar-refractivity contribution in [1.82, 2.24) is 9.78 Å². The number of para-hydroxylation sites is 1. The molecule has 1 heterocycles. The Labute approximate surface area is 109 Å². The van der Waals surface area contributed by atoms with Crippen LogP contribution in [-0.2, 0) is 13.6 Å². The predicted octanol–water partition coefficient (Wildman–Crippen LogP) is 2.95. The van der Waals surface area contributed by atoms with Gasteiger partial charge in [0.1, 0.15) is 0 Å². The van der Waals surface area contributed by atoms with Crippen LogP contribution in [0.15, 0.2) is 30.5 Å². The van der Waals surface area contributed by atoms with Gasteiger partial charge < -0.3 is 5.32 Å². The molecule has 0 aliphatic rings. The van der Waals surface area contributed by atoms with Crippen LogP contribution in [0.1, 0.15) is 11.3 Å². The maximum Gasteiger partial charge on any atom is 0.0542 e. The van der Waals surface area contributed by atoms with Gasteiger partial charge in [-0.25, -0.2) is 0 Å². The normalized spacial score (nSPS) is 10.4. The lowest BCUT2D eigenvalue weighted by molar-refractivity contribution is 0.738. The van der Waals surface area contributed by atoms with E-state index in [2.05, 4.69) is 52.1 Å². The molecule has 0 spiro atoms. The SMILES string of the molecule is Cc1c(CNc2ccccc2I)cnn1C. The zero-order chi connectivity index (χ0) is 11.5. The van der Waals surface area contributed by atoms with Gasteiger partial charge in [-0.1, -0.05) is 12.1 Å². The largest absolute Gasteiger partial charge is 0.380 e. The van der Waals surface area contributed by atoms with Crippen molar-refractivity contribution < 1.29 is 0 Å². The molecule has 0 amide bonds. The molecular formula is C12H14IN3. The highest BCUT2D eigenvalue weighted by atomic mass is 127. The van der Waals surface area contributed by atoms with Crippen LogP contribution >= 0.6 is 22.6 Å². The fourth-order valence-electron chi connectivity index (χ4n) is 1.51. The number of rotatable bonds is 3. The summed E-state index contributed by atoms with van der Waals surface area (Å²) in [4.78, 5) is 0. The summed E-state index contributed by atoms with van der Waals surface area (Å²) >= 11 is 2.33. The first-order valence-electron chi connectivity index (χ1n) is 5.14. The van der Waals surface area contributed by atoms with E-state index in [1.54, 1.807) is 0 Å². The van der Waals surface area contributed by atoms with Crippen LogP contribution in [0.25, 0.3) is 0 Å². The number of benzene rings is 1. The summed E-state index contributed by atoms with van der Waals surface area (Å²) in [6.07, 6.45) is 1.91. The zero-order valence-electron chi connectivity index (χ0n) is 9.37. The van der Waals surface area contributed by atoms with Crippen LogP contribution in [0.4, 0.5) is 5.69 Å². The molecule has 2 aromatic rings. The number of aryl methyl sites for hydroxylation is 1. The highest BCUT2D eigenvalue weighted by molar-refractivity contribution is 14.1. The van der Waals surface area contributed by atoms with Crippen molar-refractivity contribution >= 4 is 28.3 Å². The topological polar surface area (TPSA) is 29.9 Å². The van der Waals surface area contributed by atoms with Gasteiger partial charge in [-0.05, 0) is 41.6 Å². The Kier molecular flexibility index (Phi) is 3.48. The quantitative estimate of drug-likeness (QED) is 0.879. The van der Waals surface area contributed by atoms with Crippen molar-refractivity contribution in [3.63, 3.8) is 0 Å².